The lowest BCUT2D eigenvalue weighted by Crippen LogP contribution is -2.34. The van der Waals surface area contributed by atoms with Crippen LogP contribution in [-0.4, -0.2) is 39.2 Å². The van der Waals surface area contributed by atoms with Crippen LogP contribution in [0.4, 0.5) is 5.82 Å². The van der Waals surface area contributed by atoms with Crippen LogP contribution in [-0.2, 0) is 27.4 Å². The lowest BCUT2D eigenvalue weighted by molar-refractivity contribution is -0.114. The number of thiazole rings is 1. The topological polar surface area (TPSA) is 108 Å². The van der Waals surface area contributed by atoms with Crippen molar-refractivity contribution in [1.29, 1.82) is 0 Å². The van der Waals surface area contributed by atoms with Crippen LogP contribution in [0.3, 0.4) is 0 Å². The molecule has 1 amide bonds. The van der Waals surface area contributed by atoms with Crippen LogP contribution in [0.25, 0.3) is 5.76 Å². The predicted octanol–water partition coefficient (Wildman–Crippen LogP) is 2.27. The van der Waals surface area contributed by atoms with Gasteiger partial charge < -0.3 is 15.2 Å². The van der Waals surface area contributed by atoms with Gasteiger partial charge in [0.15, 0.2) is 23.5 Å². The first-order valence-electron chi connectivity index (χ1n) is 9.36. The minimum Gasteiger partial charge on any atom is -0.467 e. The Labute approximate surface area is 177 Å². The highest BCUT2D eigenvalue weighted by atomic mass is 32.1. The summed E-state index contributed by atoms with van der Waals surface area (Å²) in [5, 5.41) is 9.75. The molecule has 0 saturated carbocycles. The standard InChI is InChI=1S/C20H22N6O3S/c1-12-4-6-14(7-5-12)19-18(20(21)27)26(13(2)29-19)16-9-23-25(24-16)10-15-8-22-17(30-15)11-28-3/h4-9,13H,10-11H2,1-3H3,(H2,21,27). The van der Waals surface area contributed by atoms with Crippen molar-refractivity contribution in [3.8, 4) is 0 Å². The van der Waals surface area contributed by atoms with E-state index < -0.39 is 12.1 Å². The van der Waals surface area contributed by atoms with Crippen LogP contribution < -0.4 is 10.6 Å². The highest BCUT2D eigenvalue weighted by Gasteiger charge is 2.37. The van der Waals surface area contributed by atoms with Gasteiger partial charge in [-0.3, -0.25) is 9.69 Å². The maximum absolute atomic E-state index is 12.3. The van der Waals surface area contributed by atoms with Gasteiger partial charge in [0.2, 0.25) is 0 Å². The molecule has 156 valence electrons. The third-order valence-electron chi connectivity index (χ3n) is 4.59. The molecule has 0 bridgehead atoms. The Morgan fingerprint density at radius 1 is 1.30 bits per heavy atom. The molecule has 1 aromatic carbocycles. The fraction of sp³-hybridized carbons (Fsp3) is 0.300. The van der Waals surface area contributed by atoms with E-state index in [1.54, 1.807) is 29.2 Å². The number of nitrogens with zero attached hydrogens (tertiary/aromatic N) is 5. The largest absolute Gasteiger partial charge is 0.467 e. The number of carbonyl (C=O) groups is 1. The number of nitrogens with two attached hydrogens (primary N) is 1. The third kappa shape index (κ3) is 3.91. The Kier molecular flexibility index (Phi) is 5.51. The zero-order valence-corrected chi connectivity index (χ0v) is 17.7. The van der Waals surface area contributed by atoms with Gasteiger partial charge in [-0.25, -0.2) is 4.98 Å². The minimum absolute atomic E-state index is 0.263. The van der Waals surface area contributed by atoms with E-state index in [1.807, 2.05) is 38.1 Å². The van der Waals surface area contributed by atoms with Gasteiger partial charge in [-0.15, -0.1) is 16.4 Å². The highest BCUT2D eigenvalue weighted by Crippen LogP contribution is 2.35. The molecule has 0 aliphatic carbocycles. The van der Waals surface area contributed by atoms with Crippen molar-refractivity contribution < 1.29 is 14.3 Å². The monoisotopic (exact) mass is 426 g/mol. The van der Waals surface area contributed by atoms with Crippen molar-refractivity contribution in [3.05, 3.63) is 63.4 Å². The Balaban J connectivity index is 1.62. The Morgan fingerprint density at radius 3 is 2.77 bits per heavy atom. The molecule has 0 radical (unpaired) electrons. The number of aryl methyl sites for hydroxylation is 1. The normalized spacial score (nSPS) is 16.2. The van der Waals surface area contributed by atoms with E-state index in [2.05, 4.69) is 15.2 Å². The van der Waals surface area contributed by atoms with E-state index in [0.29, 0.717) is 24.7 Å². The summed E-state index contributed by atoms with van der Waals surface area (Å²) in [7, 11) is 1.64. The number of benzene rings is 1. The van der Waals surface area contributed by atoms with Gasteiger partial charge in [0.05, 0.1) is 19.3 Å². The number of amides is 1. The van der Waals surface area contributed by atoms with E-state index >= 15 is 0 Å². The lowest BCUT2D eigenvalue weighted by Gasteiger charge is -2.20. The Bertz CT molecular complexity index is 1090. The highest BCUT2D eigenvalue weighted by molar-refractivity contribution is 7.11. The average Bonchev–Trinajstić information content (AvgIpc) is 3.42. The van der Waals surface area contributed by atoms with Crippen LogP contribution in [0, 0.1) is 6.92 Å². The van der Waals surface area contributed by atoms with Crippen LogP contribution in [0.1, 0.15) is 27.9 Å². The molecule has 10 heteroatoms. The summed E-state index contributed by atoms with van der Waals surface area (Å²) >= 11 is 1.54. The lowest BCUT2D eigenvalue weighted by atomic mass is 10.1. The molecular weight excluding hydrogens is 404 g/mol. The number of ether oxygens (including phenoxy) is 2. The summed E-state index contributed by atoms with van der Waals surface area (Å²) in [4.78, 5) is 20.8. The van der Waals surface area contributed by atoms with Gasteiger partial charge in [0, 0.05) is 23.7 Å². The first-order valence-corrected chi connectivity index (χ1v) is 10.2. The van der Waals surface area contributed by atoms with Gasteiger partial charge >= 0.3 is 0 Å². The van der Waals surface area contributed by atoms with E-state index in [-0.39, 0.29) is 5.70 Å². The summed E-state index contributed by atoms with van der Waals surface area (Å²) in [5.74, 6) is 0.340. The molecule has 3 heterocycles. The minimum atomic E-state index is -0.587. The van der Waals surface area contributed by atoms with Crippen molar-refractivity contribution in [2.24, 2.45) is 5.73 Å². The van der Waals surface area contributed by atoms with Crippen LogP contribution in [0.2, 0.25) is 0 Å². The van der Waals surface area contributed by atoms with Gasteiger partial charge in [0.25, 0.3) is 5.91 Å². The van der Waals surface area contributed by atoms with Gasteiger partial charge in [-0.1, -0.05) is 29.8 Å². The Morgan fingerprint density at radius 2 is 2.07 bits per heavy atom. The molecule has 0 saturated heterocycles. The van der Waals surface area contributed by atoms with E-state index in [4.69, 9.17) is 15.2 Å². The maximum atomic E-state index is 12.3. The first kappa shape index (κ1) is 20.0. The molecule has 0 fully saturated rings. The van der Waals surface area contributed by atoms with Crippen molar-refractivity contribution in [1.82, 2.24) is 20.0 Å². The van der Waals surface area contributed by atoms with E-state index in [9.17, 15) is 4.79 Å². The van der Waals surface area contributed by atoms with Crippen molar-refractivity contribution >= 4 is 28.8 Å². The molecule has 3 aromatic rings. The smallest absolute Gasteiger partial charge is 0.269 e. The molecule has 0 spiro atoms. The summed E-state index contributed by atoms with van der Waals surface area (Å²) in [5.41, 5.74) is 7.87. The van der Waals surface area contributed by atoms with Crippen LogP contribution in [0.15, 0.2) is 42.4 Å². The third-order valence-corrected chi connectivity index (χ3v) is 5.55. The van der Waals surface area contributed by atoms with E-state index in [0.717, 1.165) is 21.0 Å². The number of rotatable bonds is 7. The van der Waals surface area contributed by atoms with Crippen LogP contribution in [0.5, 0.6) is 0 Å². The predicted molar refractivity (Wildman–Crippen MR) is 112 cm³/mol. The number of hydrogen-bond acceptors (Lipinski definition) is 8. The first-order chi connectivity index (χ1) is 14.5. The van der Waals surface area contributed by atoms with Gasteiger partial charge in [-0.05, 0) is 13.8 Å². The molecule has 4 rings (SSSR count). The summed E-state index contributed by atoms with van der Waals surface area (Å²) in [6.07, 6.45) is 2.93. The fourth-order valence-electron chi connectivity index (χ4n) is 3.24. The molecular formula is C20H22N6O3S. The number of aromatic nitrogens is 4. The Hall–Kier alpha value is -3.24. The number of primary amides is 1. The molecule has 9 nitrogen and oxygen atoms in total. The average molecular weight is 427 g/mol. The molecule has 1 atom stereocenters. The molecule has 2 N–H and O–H groups in total. The van der Waals surface area contributed by atoms with Crippen molar-refractivity contribution in [2.75, 3.05) is 12.0 Å². The van der Waals surface area contributed by atoms with Crippen molar-refractivity contribution in [2.45, 2.75) is 33.2 Å². The zero-order valence-electron chi connectivity index (χ0n) is 16.9. The second-order valence-electron chi connectivity index (χ2n) is 6.88. The van der Waals surface area contributed by atoms with Gasteiger partial charge in [0.1, 0.15) is 5.01 Å². The summed E-state index contributed by atoms with van der Waals surface area (Å²) < 4.78 is 11.1. The second kappa shape index (κ2) is 8.25. The van der Waals surface area contributed by atoms with Gasteiger partial charge in [-0.2, -0.15) is 9.90 Å². The molecule has 1 unspecified atom stereocenters. The van der Waals surface area contributed by atoms with Crippen LogP contribution >= 0.6 is 11.3 Å². The summed E-state index contributed by atoms with van der Waals surface area (Å²) in [6, 6.07) is 7.73. The number of methoxy groups -OCH3 is 1. The molecule has 1 aliphatic heterocycles. The number of hydrogen-bond donors (Lipinski definition) is 1. The summed E-state index contributed by atoms with van der Waals surface area (Å²) in [6.45, 7) is 4.77. The SMILES string of the molecule is COCc1ncc(Cn2ncc(N3C(C(N)=O)=C(c4ccc(C)cc4)OC3C)n2)s1. The van der Waals surface area contributed by atoms with E-state index in [1.165, 1.54) is 11.3 Å². The maximum Gasteiger partial charge on any atom is 0.269 e. The number of carbonyl (C=O) groups excluding carboxylic acids is 1. The zero-order chi connectivity index (χ0) is 21.3. The fourth-order valence-corrected chi connectivity index (χ4v) is 4.11. The molecule has 1 aliphatic rings. The second-order valence-corrected chi connectivity index (χ2v) is 8.08. The molecule has 2 aromatic heterocycles. The quantitative estimate of drug-likeness (QED) is 0.617. The molecule has 30 heavy (non-hydrogen) atoms. The number of anilines is 1. The van der Waals surface area contributed by atoms with Crippen molar-refractivity contribution in [3.63, 3.8) is 0 Å².